The lowest BCUT2D eigenvalue weighted by Gasteiger charge is -2.27. The van der Waals surface area contributed by atoms with Crippen LogP contribution in [0.1, 0.15) is 31.7 Å². The van der Waals surface area contributed by atoms with Crippen molar-refractivity contribution in [3.8, 4) is 0 Å². The topological polar surface area (TPSA) is 33.5 Å². The molecule has 1 saturated heterocycles. The number of allylic oxidation sites excluding steroid dienone is 1. The van der Waals surface area contributed by atoms with E-state index < -0.39 is 0 Å². The van der Waals surface area contributed by atoms with Gasteiger partial charge in [0.15, 0.2) is 0 Å². The quantitative estimate of drug-likeness (QED) is 0.834. The van der Waals surface area contributed by atoms with Crippen LogP contribution in [0.3, 0.4) is 0 Å². The van der Waals surface area contributed by atoms with Crippen molar-refractivity contribution in [1.29, 1.82) is 0 Å². The first-order chi connectivity index (χ1) is 10.8. The minimum atomic E-state index is 0.388. The number of aryl methyl sites for hydroxylation is 1. The molecule has 122 valence electrons. The highest BCUT2D eigenvalue weighted by molar-refractivity contribution is 5.03. The summed E-state index contributed by atoms with van der Waals surface area (Å²) in [7, 11) is 0. The molecule has 0 aliphatic carbocycles. The Bertz CT molecular complexity index is 485. The molecule has 2 aliphatic heterocycles. The third-order valence-electron chi connectivity index (χ3n) is 4.58. The number of rotatable bonds is 5. The molecule has 0 radical (unpaired) electrons. The fourth-order valence-corrected chi connectivity index (χ4v) is 3.29. The van der Waals surface area contributed by atoms with E-state index in [1.54, 1.807) is 0 Å². The van der Waals surface area contributed by atoms with Crippen LogP contribution in [0.25, 0.3) is 0 Å². The van der Waals surface area contributed by atoms with E-state index in [-0.39, 0.29) is 0 Å². The predicted molar refractivity (Wildman–Crippen MR) is 87.5 cm³/mol. The molecule has 5 heteroatoms. The molecule has 1 atom stereocenters. The van der Waals surface area contributed by atoms with Gasteiger partial charge in [0.25, 0.3) is 0 Å². The molecular weight excluding hydrogens is 276 g/mol. The van der Waals surface area contributed by atoms with E-state index in [1.165, 1.54) is 25.1 Å². The lowest BCUT2D eigenvalue weighted by atomic mass is 10.1. The van der Waals surface area contributed by atoms with Gasteiger partial charge in [0.1, 0.15) is 6.10 Å². The minimum absolute atomic E-state index is 0.388. The summed E-state index contributed by atoms with van der Waals surface area (Å²) in [6, 6.07) is 0. The molecule has 0 N–H and O–H groups in total. The standard InChI is InChI=1S/C17H28N4O/c1-2-21-14-16(12-18-21)13-19-7-5-8-20(10-9-19)15-17-6-3-4-11-22-17/h4,11-12,14,17H,2-3,5-10,13,15H2,1H3/t17-/m0/s1. The number of nitrogens with zero attached hydrogens (tertiary/aromatic N) is 4. The second kappa shape index (κ2) is 7.79. The van der Waals surface area contributed by atoms with Crippen LogP contribution in [0.15, 0.2) is 24.7 Å². The summed E-state index contributed by atoms with van der Waals surface area (Å²) >= 11 is 0. The van der Waals surface area contributed by atoms with Gasteiger partial charge in [0, 0.05) is 44.5 Å². The van der Waals surface area contributed by atoms with Crippen LogP contribution >= 0.6 is 0 Å². The van der Waals surface area contributed by atoms with Gasteiger partial charge in [-0.25, -0.2) is 0 Å². The van der Waals surface area contributed by atoms with Crippen molar-refractivity contribution in [2.45, 2.75) is 45.4 Å². The first-order valence-electron chi connectivity index (χ1n) is 8.60. The molecule has 5 nitrogen and oxygen atoms in total. The molecule has 3 rings (SSSR count). The monoisotopic (exact) mass is 304 g/mol. The van der Waals surface area contributed by atoms with Gasteiger partial charge in [-0.2, -0.15) is 5.10 Å². The van der Waals surface area contributed by atoms with Crippen molar-refractivity contribution in [3.05, 3.63) is 30.3 Å². The van der Waals surface area contributed by atoms with Crippen LogP contribution in [-0.2, 0) is 17.8 Å². The van der Waals surface area contributed by atoms with Crippen LogP contribution in [0.2, 0.25) is 0 Å². The van der Waals surface area contributed by atoms with Gasteiger partial charge in [-0.1, -0.05) is 0 Å². The van der Waals surface area contributed by atoms with E-state index in [4.69, 9.17) is 4.74 Å². The molecule has 0 unspecified atom stereocenters. The van der Waals surface area contributed by atoms with Crippen molar-refractivity contribution in [3.63, 3.8) is 0 Å². The van der Waals surface area contributed by atoms with E-state index in [1.807, 2.05) is 17.1 Å². The Morgan fingerprint density at radius 2 is 2.09 bits per heavy atom. The maximum Gasteiger partial charge on any atom is 0.111 e. The zero-order valence-corrected chi connectivity index (χ0v) is 13.7. The van der Waals surface area contributed by atoms with Gasteiger partial charge in [-0.05, 0) is 45.4 Å². The van der Waals surface area contributed by atoms with Crippen LogP contribution in [0.4, 0.5) is 0 Å². The molecule has 22 heavy (non-hydrogen) atoms. The third-order valence-corrected chi connectivity index (χ3v) is 4.58. The normalized spacial score (nSPS) is 24.1. The summed E-state index contributed by atoms with van der Waals surface area (Å²) in [5.74, 6) is 0. The molecule has 0 amide bonds. The first-order valence-corrected chi connectivity index (χ1v) is 8.60. The number of hydrogen-bond donors (Lipinski definition) is 0. The van der Waals surface area contributed by atoms with Gasteiger partial charge in [0.2, 0.25) is 0 Å². The molecule has 0 spiro atoms. The summed E-state index contributed by atoms with van der Waals surface area (Å²) in [4.78, 5) is 5.12. The summed E-state index contributed by atoms with van der Waals surface area (Å²) in [6.45, 7) is 9.83. The highest BCUT2D eigenvalue weighted by atomic mass is 16.5. The second-order valence-corrected chi connectivity index (χ2v) is 6.34. The zero-order valence-electron chi connectivity index (χ0n) is 13.7. The van der Waals surface area contributed by atoms with Crippen LogP contribution < -0.4 is 0 Å². The molecule has 0 saturated carbocycles. The van der Waals surface area contributed by atoms with E-state index in [9.17, 15) is 0 Å². The Kier molecular flexibility index (Phi) is 5.51. The van der Waals surface area contributed by atoms with Crippen molar-refractivity contribution in [2.75, 3.05) is 32.7 Å². The molecule has 2 aliphatic rings. The SMILES string of the molecule is CCn1cc(CN2CCCN(C[C@@H]3CCC=CO3)CC2)cn1. The Labute approximate surface area is 133 Å². The Morgan fingerprint density at radius 3 is 2.86 bits per heavy atom. The lowest BCUT2D eigenvalue weighted by Crippen LogP contribution is -2.36. The summed E-state index contributed by atoms with van der Waals surface area (Å²) in [5.41, 5.74) is 1.33. The van der Waals surface area contributed by atoms with E-state index in [2.05, 4.69) is 34.1 Å². The summed E-state index contributed by atoms with van der Waals surface area (Å²) in [5, 5.41) is 4.37. The largest absolute Gasteiger partial charge is 0.497 e. The van der Waals surface area contributed by atoms with Crippen molar-refractivity contribution < 1.29 is 4.74 Å². The Morgan fingerprint density at radius 1 is 1.23 bits per heavy atom. The third kappa shape index (κ3) is 4.34. The Hall–Kier alpha value is -1.33. The van der Waals surface area contributed by atoms with Gasteiger partial charge in [-0.3, -0.25) is 14.5 Å². The maximum atomic E-state index is 5.71. The second-order valence-electron chi connectivity index (χ2n) is 6.34. The fourth-order valence-electron chi connectivity index (χ4n) is 3.29. The number of aromatic nitrogens is 2. The molecule has 0 bridgehead atoms. The van der Waals surface area contributed by atoms with Gasteiger partial charge < -0.3 is 4.74 Å². The number of ether oxygens (including phenoxy) is 1. The molecule has 1 aromatic heterocycles. The predicted octanol–water partition coefficient (Wildman–Crippen LogP) is 2.10. The van der Waals surface area contributed by atoms with Crippen LogP contribution in [0, 0.1) is 0 Å². The van der Waals surface area contributed by atoms with Crippen molar-refractivity contribution in [1.82, 2.24) is 19.6 Å². The van der Waals surface area contributed by atoms with Crippen LogP contribution in [0.5, 0.6) is 0 Å². The fraction of sp³-hybridized carbons (Fsp3) is 0.706. The average molecular weight is 304 g/mol. The van der Waals surface area contributed by atoms with Gasteiger partial charge in [-0.15, -0.1) is 0 Å². The van der Waals surface area contributed by atoms with E-state index in [0.717, 1.165) is 45.6 Å². The van der Waals surface area contributed by atoms with Crippen LogP contribution in [-0.4, -0.2) is 58.4 Å². The highest BCUT2D eigenvalue weighted by Crippen LogP contribution is 2.14. The zero-order chi connectivity index (χ0) is 15.2. The summed E-state index contributed by atoms with van der Waals surface area (Å²) < 4.78 is 7.72. The molecule has 1 fully saturated rings. The first kappa shape index (κ1) is 15.6. The van der Waals surface area contributed by atoms with E-state index >= 15 is 0 Å². The lowest BCUT2D eigenvalue weighted by molar-refractivity contribution is 0.0800. The highest BCUT2D eigenvalue weighted by Gasteiger charge is 2.20. The number of hydrogen-bond acceptors (Lipinski definition) is 4. The smallest absolute Gasteiger partial charge is 0.111 e. The average Bonchev–Trinajstić information content (AvgIpc) is 2.89. The van der Waals surface area contributed by atoms with Gasteiger partial charge >= 0.3 is 0 Å². The maximum absolute atomic E-state index is 5.71. The van der Waals surface area contributed by atoms with Crippen molar-refractivity contribution in [2.24, 2.45) is 0 Å². The molecule has 1 aromatic rings. The molecule has 3 heterocycles. The van der Waals surface area contributed by atoms with E-state index in [0.29, 0.717) is 6.10 Å². The molecule has 0 aromatic carbocycles. The molecular formula is C17H28N4O. The van der Waals surface area contributed by atoms with Gasteiger partial charge in [0.05, 0.1) is 12.5 Å². The minimum Gasteiger partial charge on any atom is -0.497 e. The summed E-state index contributed by atoms with van der Waals surface area (Å²) in [6.07, 6.45) is 12.1. The Balaban J connectivity index is 1.46. The van der Waals surface area contributed by atoms with Crippen molar-refractivity contribution >= 4 is 0 Å².